The maximum atomic E-state index is 12.8. The Morgan fingerprint density at radius 1 is 1.20 bits per heavy atom. The summed E-state index contributed by atoms with van der Waals surface area (Å²) in [5.41, 5.74) is 1.02. The van der Waals surface area contributed by atoms with Crippen molar-refractivity contribution in [1.29, 1.82) is 0 Å². The van der Waals surface area contributed by atoms with E-state index in [9.17, 15) is 9.59 Å². The van der Waals surface area contributed by atoms with Crippen molar-refractivity contribution in [2.75, 3.05) is 26.3 Å². The Labute approximate surface area is 148 Å². The summed E-state index contributed by atoms with van der Waals surface area (Å²) in [6.07, 6.45) is 3.56. The summed E-state index contributed by atoms with van der Waals surface area (Å²) in [6, 6.07) is 10.2. The number of ether oxygens (including phenoxy) is 1. The van der Waals surface area contributed by atoms with Gasteiger partial charge in [0.25, 0.3) is 0 Å². The van der Waals surface area contributed by atoms with Crippen LogP contribution in [0.15, 0.2) is 30.3 Å². The van der Waals surface area contributed by atoms with Crippen molar-refractivity contribution in [3.8, 4) is 0 Å². The Kier molecular flexibility index (Phi) is 4.72. The van der Waals surface area contributed by atoms with E-state index < -0.39 is 6.04 Å². The fraction of sp³-hybridized carbons (Fsp3) is 0.579. The van der Waals surface area contributed by atoms with Gasteiger partial charge in [0.15, 0.2) is 0 Å². The molecule has 3 fully saturated rings. The molecule has 25 heavy (non-hydrogen) atoms. The van der Waals surface area contributed by atoms with Crippen molar-refractivity contribution in [3.63, 3.8) is 0 Å². The average Bonchev–Trinajstić information content (AvgIpc) is 3.37. The molecule has 1 aromatic carbocycles. The van der Waals surface area contributed by atoms with E-state index in [1.807, 2.05) is 30.3 Å². The molecule has 4 rings (SSSR count). The Hall–Kier alpha value is -1.92. The lowest BCUT2D eigenvalue weighted by atomic mass is 10.1. The highest BCUT2D eigenvalue weighted by Crippen LogP contribution is 2.29. The molecule has 1 saturated carbocycles. The number of rotatable bonds is 5. The van der Waals surface area contributed by atoms with Gasteiger partial charge in [-0.25, -0.2) is 0 Å². The van der Waals surface area contributed by atoms with Crippen LogP contribution in [0.3, 0.4) is 0 Å². The van der Waals surface area contributed by atoms with E-state index in [2.05, 4.69) is 10.2 Å². The minimum Gasteiger partial charge on any atom is -0.369 e. The third-order valence-corrected chi connectivity index (χ3v) is 5.33. The SMILES string of the molecule is O=C(NC1CCN(C2CC2)C1)C1COCC(=O)N1Cc1ccccc1. The smallest absolute Gasteiger partial charge is 0.249 e. The molecule has 3 aliphatic rings. The summed E-state index contributed by atoms with van der Waals surface area (Å²) < 4.78 is 5.35. The van der Waals surface area contributed by atoms with Gasteiger partial charge in [0.1, 0.15) is 12.6 Å². The molecule has 6 nitrogen and oxygen atoms in total. The highest BCUT2D eigenvalue weighted by molar-refractivity contribution is 5.89. The van der Waals surface area contributed by atoms with Gasteiger partial charge in [0.05, 0.1) is 6.61 Å². The molecule has 0 spiro atoms. The lowest BCUT2D eigenvalue weighted by molar-refractivity contribution is -0.155. The Bertz CT molecular complexity index is 632. The monoisotopic (exact) mass is 343 g/mol. The van der Waals surface area contributed by atoms with Gasteiger partial charge < -0.3 is 15.0 Å². The number of benzene rings is 1. The molecule has 0 bridgehead atoms. The molecular formula is C19H25N3O3. The number of morpholine rings is 1. The molecule has 1 aromatic rings. The Morgan fingerprint density at radius 3 is 2.76 bits per heavy atom. The first-order valence-electron chi connectivity index (χ1n) is 9.16. The fourth-order valence-corrected chi connectivity index (χ4v) is 3.77. The van der Waals surface area contributed by atoms with Crippen LogP contribution in [0.25, 0.3) is 0 Å². The predicted octanol–water partition coefficient (Wildman–Crippen LogP) is 0.767. The first-order valence-corrected chi connectivity index (χ1v) is 9.16. The van der Waals surface area contributed by atoms with Crippen molar-refractivity contribution in [3.05, 3.63) is 35.9 Å². The molecule has 0 aromatic heterocycles. The maximum absolute atomic E-state index is 12.8. The van der Waals surface area contributed by atoms with Crippen molar-refractivity contribution < 1.29 is 14.3 Å². The lowest BCUT2D eigenvalue weighted by Gasteiger charge is -2.35. The number of amides is 2. The zero-order valence-corrected chi connectivity index (χ0v) is 14.4. The number of carbonyl (C=O) groups is 2. The van der Waals surface area contributed by atoms with Crippen LogP contribution < -0.4 is 5.32 Å². The number of nitrogens with zero attached hydrogens (tertiary/aromatic N) is 2. The van der Waals surface area contributed by atoms with E-state index in [0.717, 1.165) is 31.1 Å². The number of hydrogen-bond donors (Lipinski definition) is 1. The van der Waals surface area contributed by atoms with E-state index >= 15 is 0 Å². The van der Waals surface area contributed by atoms with Crippen LogP contribution in [-0.4, -0.2) is 66.0 Å². The second-order valence-electron chi connectivity index (χ2n) is 7.26. The van der Waals surface area contributed by atoms with Gasteiger partial charge in [0.2, 0.25) is 11.8 Å². The fourth-order valence-electron chi connectivity index (χ4n) is 3.77. The largest absolute Gasteiger partial charge is 0.369 e. The van der Waals surface area contributed by atoms with Crippen LogP contribution in [-0.2, 0) is 20.9 Å². The zero-order chi connectivity index (χ0) is 17.2. The van der Waals surface area contributed by atoms with Gasteiger partial charge in [-0.3, -0.25) is 14.5 Å². The predicted molar refractivity (Wildman–Crippen MR) is 92.7 cm³/mol. The van der Waals surface area contributed by atoms with Gasteiger partial charge in [-0.1, -0.05) is 30.3 Å². The van der Waals surface area contributed by atoms with Gasteiger partial charge in [-0.15, -0.1) is 0 Å². The van der Waals surface area contributed by atoms with Crippen molar-refractivity contribution in [2.24, 2.45) is 0 Å². The highest BCUT2D eigenvalue weighted by Gasteiger charge is 2.38. The van der Waals surface area contributed by atoms with E-state index in [0.29, 0.717) is 6.54 Å². The quantitative estimate of drug-likeness (QED) is 0.858. The second kappa shape index (κ2) is 7.14. The summed E-state index contributed by atoms with van der Waals surface area (Å²) in [6.45, 7) is 2.75. The first-order chi connectivity index (χ1) is 12.2. The van der Waals surface area contributed by atoms with Crippen LogP contribution in [0.2, 0.25) is 0 Å². The lowest BCUT2D eigenvalue weighted by Crippen LogP contribution is -2.57. The molecule has 2 amide bonds. The standard InChI is InChI=1S/C19H25N3O3/c23-18-13-25-12-17(22(18)10-14-4-2-1-3-5-14)19(24)20-15-8-9-21(11-15)16-6-7-16/h1-5,15-17H,6-13H2,(H,20,24). The summed E-state index contributed by atoms with van der Waals surface area (Å²) in [5.74, 6) is -0.215. The van der Waals surface area contributed by atoms with E-state index in [1.54, 1.807) is 4.90 Å². The normalized spacial score (nSPS) is 27.5. The van der Waals surface area contributed by atoms with Crippen LogP contribution in [0, 0.1) is 0 Å². The summed E-state index contributed by atoms with van der Waals surface area (Å²) in [4.78, 5) is 29.2. The second-order valence-corrected chi connectivity index (χ2v) is 7.26. The van der Waals surface area contributed by atoms with Gasteiger partial charge in [-0.05, 0) is 24.8 Å². The van der Waals surface area contributed by atoms with E-state index in [-0.39, 0.29) is 31.1 Å². The minimum atomic E-state index is -0.545. The number of nitrogens with one attached hydrogen (secondary N) is 1. The number of hydrogen-bond acceptors (Lipinski definition) is 4. The van der Waals surface area contributed by atoms with Gasteiger partial charge in [0, 0.05) is 31.7 Å². The molecule has 2 saturated heterocycles. The molecule has 2 aliphatic heterocycles. The minimum absolute atomic E-state index is 0.0511. The summed E-state index contributed by atoms with van der Waals surface area (Å²) >= 11 is 0. The van der Waals surface area contributed by atoms with Crippen LogP contribution in [0.1, 0.15) is 24.8 Å². The Balaban J connectivity index is 1.39. The molecule has 2 heterocycles. The third-order valence-electron chi connectivity index (χ3n) is 5.33. The zero-order valence-electron chi connectivity index (χ0n) is 14.4. The molecule has 2 unspecified atom stereocenters. The molecule has 0 radical (unpaired) electrons. The number of likely N-dealkylation sites (tertiary alicyclic amines) is 1. The summed E-state index contributed by atoms with van der Waals surface area (Å²) in [7, 11) is 0. The van der Waals surface area contributed by atoms with E-state index in [4.69, 9.17) is 4.74 Å². The van der Waals surface area contributed by atoms with Crippen LogP contribution in [0.4, 0.5) is 0 Å². The Morgan fingerprint density at radius 2 is 2.00 bits per heavy atom. The van der Waals surface area contributed by atoms with Crippen molar-refractivity contribution >= 4 is 11.8 Å². The average molecular weight is 343 g/mol. The molecule has 1 N–H and O–H groups in total. The van der Waals surface area contributed by atoms with Gasteiger partial charge in [-0.2, -0.15) is 0 Å². The molecule has 134 valence electrons. The first kappa shape index (κ1) is 16.5. The van der Waals surface area contributed by atoms with Crippen molar-refractivity contribution in [1.82, 2.24) is 15.1 Å². The third kappa shape index (κ3) is 3.85. The van der Waals surface area contributed by atoms with Crippen molar-refractivity contribution in [2.45, 2.75) is 43.9 Å². The summed E-state index contributed by atoms with van der Waals surface area (Å²) in [5, 5.41) is 3.14. The molecule has 1 aliphatic carbocycles. The highest BCUT2D eigenvalue weighted by atomic mass is 16.5. The number of carbonyl (C=O) groups excluding carboxylic acids is 2. The molecule has 2 atom stereocenters. The maximum Gasteiger partial charge on any atom is 0.249 e. The topological polar surface area (TPSA) is 61.9 Å². The molecule has 6 heteroatoms. The van der Waals surface area contributed by atoms with Crippen LogP contribution in [0.5, 0.6) is 0 Å². The molecular weight excluding hydrogens is 318 g/mol. The van der Waals surface area contributed by atoms with E-state index in [1.165, 1.54) is 12.8 Å². The van der Waals surface area contributed by atoms with Crippen LogP contribution >= 0.6 is 0 Å². The van der Waals surface area contributed by atoms with Gasteiger partial charge >= 0.3 is 0 Å².